The zero-order valence-corrected chi connectivity index (χ0v) is 11.0. The third kappa shape index (κ3) is 2.30. The summed E-state index contributed by atoms with van der Waals surface area (Å²) in [5.41, 5.74) is 1.17. The lowest BCUT2D eigenvalue weighted by Crippen LogP contribution is -2.44. The number of carbonyl (C=O) groups is 1. The molecule has 0 unspecified atom stereocenters. The van der Waals surface area contributed by atoms with Gasteiger partial charge in [0.25, 0.3) is 5.91 Å². The average Bonchev–Trinajstić information content (AvgIpc) is 2.52. The van der Waals surface area contributed by atoms with Crippen LogP contribution < -0.4 is 0 Å². The molecule has 1 atom stereocenters. The lowest BCUT2D eigenvalue weighted by atomic mass is 10.2. The highest BCUT2D eigenvalue weighted by Crippen LogP contribution is 2.21. The Hall–Kier alpha value is -1.07. The van der Waals surface area contributed by atoms with Gasteiger partial charge in [-0.2, -0.15) is 5.10 Å². The quantitative estimate of drug-likeness (QED) is 0.761. The highest BCUT2D eigenvalue weighted by atomic mass is 35.5. The van der Waals surface area contributed by atoms with E-state index in [0.717, 1.165) is 0 Å². The summed E-state index contributed by atoms with van der Waals surface area (Å²) in [6.45, 7) is 5.53. The summed E-state index contributed by atoms with van der Waals surface area (Å²) in [6, 6.07) is 0. The number of carbonyl (C=O) groups excluding carboxylic acids is 1. The normalized spacial score (nSPS) is 20.7. The minimum absolute atomic E-state index is 0.0595. The molecule has 1 fully saturated rings. The first-order valence-corrected chi connectivity index (χ1v) is 5.98. The molecule has 0 bridgehead atoms. The Balaban J connectivity index is 2.24. The molecular formula is C11H16ClN3O2. The minimum Gasteiger partial charge on any atom is -0.375 e. The molecule has 0 aromatic carbocycles. The largest absolute Gasteiger partial charge is 0.375 e. The van der Waals surface area contributed by atoms with Crippen molar-refractivity contribution in [3.8, 4) is 0 Å². The highest BCUT2D eigenvalue weighted by molar-refractivity contribution is 6.33. The molecule has 2 rings (SSSR count). The lowest BCUT2D eigenvalue weighted by Gasteiger charge is -2.31. The van der Waals surface area contributed by atoms with Crippen molar-refractivity contribution in [2.75, 3.05) is 19.7 Å². The summed E-state index contributed by atoms with van der Waals surface area (Å²) in [6.07, 6.45) is 0.0726. The fraction of sp³-hybridized carbons (Fsp3) is 0.636. The molecule has 1 amide bonds. The first-order chi connectivity index (χ1) is 8.00. The molecule has 1 aromatic heterocycles. The van der Waals surface area contributed by atoms with E-state index in [2.05, 4.69) is 5.10 Å². The van der Waals surface area contributed by atoms with Crippen LogP contribution in [0.1, 0.15) is 23.0 Å². The SMILES string of the molecule is Cc1nn(C)c(Cl)c1C(=O)N1CCO[C@H](C)C1. The molecule has 94 valence electrons. The molecular weight excluding hydrogens is 242 g/mol. The Bertz CT molecular complexity index is 444. The standard InChI is InChI=1S/C11H16ClN3O2/c1-7-6-15(4-5-17-7)11(16)9-8(2)13-14(3)10(9)12/h7H,4-6H2,1-3H3/t7-/m1/s1. The maximum atomic E-state index is 12.3. The third-order valence-electron chi connectivity index (χ3n) is 2.89. The number of hydrogen-bond acceptors (Lipinski definition) is 3. The number of aryl methyl sites for hydroxylation is 2. The molecule has 0 saturated carbocycles. The molecule has 2 heterocycles. The number of hydrogen-bond donors (Lipinski definition) is 0. The Morgan fingerprint density at radius 3 is 2.82 bits per heavy atom. The van der Waals surface area contributed by atoms with Gasteiger partial charge in [0.15, 0.2) is 0 Å². The second-order valence-electron chi connectivity index (χ2n) is 4.31. The van der Waals surface area contributed by atoms with Gasteiger partial charge in [-0.05, 0) is 13.8 Å². The molecule has 1 saturated heterocycles. The first kappa shape index (κ1) is 12.4. The van der Waals surface area contributed by atoms with Crippen LogP contribution in [-0.4, -0.2) is 46.4 Å². The average molecular weight is 258 g/mol. The molecule has 0 radical (unpaired) electrons. The molecule has 5 nitrogen and oxygen atoms in total. The van der Waals surface area contributed by atoms with E-state index in [0.29, 0.717) is 36.1 Å². The second kappa shape index (κ2) is 4.66. The van der Waals surface area contributed by atoms with E-state index < -0.39 is 0 Å². The van der Waals surface area contributed by atoms with Gasteiger partial charge in [-0.25, -0.2) is 0 Å². The van der Waals surface area contributed by atoms with Crippen LogP contribution in [-0.2, 0) is 11.8 Å². The van der Waals surface area contributed by atoms with Crippen LogP contribution in [0.25, 0.3) is 0 Å². The molecule has 6 heteroatoms. The number of morpholine rings is 1. The molecule has 0 N–H and O–H groups in total. The van der Waals surface area contributed by atoms with Crippen molar-refractivity contribution >= 4 is 17.5 Å². The van der Waals surface area contributed by atoms with Gasteiger partial charge in [0, 0.05) is 20.1 Å². The predicted molar refractivity (Wildman–Crippen MR) is 64.3 cm³/mol. The van der Waals surface area contributed by atoms with Crippen LogP contribution in [0.15, 0.2) is 0 Å². The van der Waals surface area contributed by atoms with Gasteiger partial charge in [0.05, 0.1) is 24.0 Å². The lowest BCUT2D eigenvalue weighted by molar-refractivity contribution is -0.0124. The zero-order valence-electron chi connectivity index (χ0n) is 10.2. The summed E-state index contributed by atoms with van der Waals surface area (Å²) in [4.78, 5) is 14.1. The van der Waals surface area contributed by atoms with Gasteiger partial charge in [0.1, 0.15) is 5.15 Å². The van der Waals surface area contributed by atoms with Crippen molar-refractivity contribution in [2.24, 2.45) is 7.05 Å². The summed E-state index contributed by atoms with van der Waals surface area (Å²) in [5, 5.41) is 4.55. The van der Waals surface area contributed by atoms with E-state index in [-0.39, 0.29) is 12.0 Å². The van der Waals surface area contributed by atoms with Crippen molar-refractivity contribution in [3.05, 3.63) is 16.4 Å². The fourth-order valence-electron chi connectivity index (χ4n) is 2.03. The van der Waals surface area contributed by atoms with Crippen molar-refractivity contribution < 1.29 is 9.53 Å². The van der Waals surface area contributed by atoms with Gasteiger partial charge in [-0.1, -0.05) is 11.6 Å². The van der Waals surface area contributed by atoms with Crippen LogP contribution in [0.5, 0.6) is 0 Å². The Morgan fingerprint density at radius 1 is 1.59 bits per heavy atom. The number of halogens is 1. The number of rotatable bonds is 1. The highest BCUT2D eigenvalue weighted by Gasteiger charge is 2.27. The number of amides is 1. The van der Waals surface area contributed by atoms with Crippen molar-refractivity contribution in [1.82, 2.24) is 14.7 Å². The molecule has 1 aliphatic heterocycles. The third-order valence-corrected chi connectivity index (χ3v) is 3.33. The molecule has 1 aromatic rings. The zero-order chi connectivity index (χ0) is 12.6. The van der Waals surface area contributed by atoms with Crippen LogP contribution in [0.3, 0.4) is 0 Å². The summed E-state index contributed by atoms with van der Waals surface area (Å²) in [7, 11) is 1.73. The van der Waals surface area contributed by atoms with Gasteiger partial charge >= 0.3 is 0 Å². The van der Waals surface area contributed by atoms with Gasteiger partial charge in [-0.3, -0.25) is 9.48 Å². The number of nitrogens with zero attached hydrogens (tertiary/aromatic N) is 3. The van der Waals surface area contributed by atoms with E-state index in [1.165, 1.54) is 4.68 Å². The van der Waals surface area contributed by atoms with E-state index in [1.54, 1.807) is 18.9 Å². The van der Waals surface area contributed by atoms with Crippen LogP contribution in [0, 0.1) is 6.92 Å². The Kier molecular flexibility index (Phi) is 3.40. The first-order valence-electron chi connectivity index (χ1n) is 5.60. The minimum atomic E-state index is -0.0595. The molecule has 1 aliphatic rings. The summed E-state index contributed by atoms with van der Waals surface area (Å²) < 4.78 is 6.93. The number of aromatic nitrogens is 2. The number of ether oxygens (including phenoxy) is 1. The molecule has 0 aliphatic carbocycles. The summed E-state index contributed by atoms with van der Waals surface area (Å²) >= 11 is 6.09. The van der Waals surface area contributed by atoms with Gasteiger partial charge < -0.3 is 9.64 Å². The van der Waals surface area contributed by atoms with Gasteiger partial charge in [0.2, 0.25) is 0 Å². The predicted octanol–water partition coefficient (Wildman–Crippen LogP) is 1.24. The van der Waals surface area contributed by atoms with Crippen molar-refractivity contribution in [3.63, 3.8) is 0 Å². The Labute approximate surface area is 105 Å². The van der Waals surface area contributed by atoms with Crippen molar-refractivity contribution in [1.29, 1.82) is 0 Å². The molecule has 17 heavy (non-hydrogen) atoms. The van der Waals surface area contributed by atoms with Gasteiger partial charge in [-0.15, -0.1) is 0 Å². The van der Waals surface area contributed by atoms with Crippen LogP contribution >= 0.6 is 11.6 Å². The Morgan fingerprint density at radius 2 is 2.29 bits per heavy atom. The van der Waals surface area contributed by atoms with E-state index >= 15 is 0 Å². The summed E-state index contributed by atoms with van der Waals surface area (Å²) in [5.74, 6) is -0.0595. The maximum Gasteiger partial charge on any atom is 0.259 e. The van der Waals surface area contributed by atoms with Crippen LogP contribution in [0.2, 0.25) is 5.15 Å². The van der Waals surface area contributed by atoms with E-state index in [4.69, 9.17) is 16.3 Å². The van der Waals surface area contributed by atoms with E-state index in [1.807, 2.05) is 6.92 Å². The second-order valence-corrected chi connectivity index (χ2v) is 4.67. The van der Waals surface area contributed by atoms with E-state index in [9.17, 15) is 4.79 Å². The fourth-order valence-corrected chi connectivity index (χ4v) is 2.29. The van der Waals surface area contributed by atoms with Crippen molar-refractivity contribution in [2.45, 2.75) is 20.0 Å². The monoisotopic (exact) mass is 257 g/mol. The topological polar surface area (TPSA) is 47.4 Å². The maximum absolute atomic E-state index is 12.3. The molecule has 0 spiro atoms. The van der Waals surface area contributed by atoms with Crippen LogP contribution in [0.4, 0.5) is 0 Å². The smallest absolute Gasteiger partial charge is 0.259 e.